The molecule has 0 atom stereocenters. The molecule has 0 aliphatic carbocycles. The van der Waals surface area contributed by atoms with Gasteiger partial charge in [0.25, 0.3) is 0 Å². The zero-order chi connectivity index (χ0) is 4.28. The summed E-state index contributed by atoms with van der Waals surface area (Å²) in [5.41, 5.74) is 0. The number of carboxylic acid groups (broad SMARTS) is 1. The second-order valence-electron chi connectivity index (χ2n) is 0.726. The van der Waals surface area contributed by atoms with Crippen molar-refractivity contribution >= 4 is 5.97 Å². The summed E-state index contributed by atoms with van der Waals surface area (Å²) in [5.74, 6) is -0.995. The zero-order valence-corrected chi connectivity index (χ0v) is 7.69. The summed E-state index contributed by atoms with van der Waals surface area (Å²) < 4.78 is 0. The molecule has 0 bridgehead atoms. The predicted octanol–water partition coefficient (Wildman–Crippen LogP) is -1.10. The van der Waals surface area contributed by atoms with Crippen molar-refractivity contribution in [1.29, 1.82) is 0 Å². The summed E-state index contributed by atoms with van der Waals surface area (Å²) in [7, 11) is 0. The third kappa shape index (κ3) is 51.2. The Morgan fingerprint density at radius 1 is 1.44 bits per heavy atom. The second kappa shape index (κ2) is 23.2. The summed E-state index contributed by atoms with van der Waals surface area (Å²) >= 11 is 0. The fraction of sp³-hybridized carbons (Fsp3) is 0.667. The molecular formula is C3H5AgO4Ti. The average molecular weight is 261 g/mol. The zero-order valence-electron chi connectivity index (χ0n) is 4.64. The van der Waals surface area contributed by atoms with Crippen LogP contribution < -0.4 is 5.11 Å². The average Bonchev–Trinajstić information content (AvgIpc) is 1.38. The largest absolute Gasteiger partial charge is 4.00 e. The van der Waals surface area contributed by atoms with Crippen LogP contribution in [0, 0.1) is 0 Å². The molecule has 0 saturated carbocycles. The number of aliphatic carboxylic acids is 1. The molecule has 0 amide bonds. The summed E-state index contributed by atoms with van der Waals surface area (Å²) in [6.07, 6.45) is 0.111. The van der Waals surface area contributed by atoms with Gasteiger partial charge in [-0.1, -0.05) is 6.92 Å². The van der Waals surface area contributed by atoms with E-state index in [1.807, 2.05) is 0 Å². The molecule has 6 heteroatoms. The van der Waals surface area contributed by atoms with E-state index in [4.69, 9.17) is 0 Å². The monoisotopic (exact) mass is 260 g/mol. The van der Waals surface area contributed by atoms with Gasteiger partial charge in [0.05, 0.1) is 0 Å². The van der Waals surface area contributed by atoms with E-state index in [0.717, 1.165) is 0 Å². The van der Waals surface area contributed by atoms with Crippen LogP contribution in [-0.2, 0) is 59.8 Å². The molecule has 0 spiro atoms. The maximum absolute atomic E-state index is 9.26. The third-order valence-corrected chi connectivity index (χ3v) is 0.289. The maximum atomic E-state index is 9.26. The first kappa shape index (κ1) is 32.8. The Morgan fingerprint density at radius 3 is 1.56 bits per heavy atom. The van der Waals surface area contributed by atoms with E-state index in [9.17, 15) is 9.90 Å². The van der Waals surface area contributed by atoms with Crippen molar-refractivity contribution in [2.24, 2.45) is 0 Å². The van der Waals surface area contributed by atoms with Crippen molar-refractivity contribution in [1.82, 2.24) is 0 Å². The Morgan fingerprint density at radius 2 is 1.56 bits per heavy atom. The van der Waals surface area contributed by atoms with Gasteiger partial charge in [-0.25, -0.2) is 0 Å². The van der Waals surface area contributed by atoms with Crippen molar-refractivity contribution in [2.75, 3.05) is 0 Å². The van der Waals surface area contributed by atoms with Gasteiger partial charge in [-0.3, -0.25) is 0 Å². The normalized spacial score (nSPS) is 4.11. The van der Waals surface area contributed by atoms with Gasteiger partial charge in [0.2, 0.25) is 0 Å². The van der Waals surface area contributed by atoms with Crippen LogP contribution in [0.4, 0.5) is 0 Å². The Hall–Kier alpha value is 0.845. The van der Waals surface area contributed by atoms with Crippen LogP contribution in [0.2, 0.25) is 0 Å². The first-order valence-corrected chi connectivity index (χ1v) is 1.47. The summed E-state index contributed by atoms with van der Waals surface area (Å²) in [4.78, 5) is 9.26. The maximum Gasteiger partial charge on any atom is 4.00 e. The Labute approximate surface area is 84.0 Å². The fourth-order valence-electron chi connectivity index (χ4n) is 0. The fourth-order valence-corrected chi connectivity index (χ4v) is 0. The second-order valence-corrected chi connectivity index (χ2v) is 0.726. The molecule has 0 fully saturated rings. The molecule has 0 aromatic rings. The first-order valence-electron chi connectivity index (χ1n) is 1.47. The molecule has 0 saturated heterocycles. The Balaban J connectivity index is -0.0000000133. The Kier molecular flexibility index (Phi) is 84.5. The Bertz CT molecular complexity index is 51.1. The summed E-state index contributed by atoms with van der Waals surface area (Å²) in [5, 5.41) is 9.26. The first-order chi connectivity index (χ1) is 2.27. The number of carbonyl (C=O) groups excluding carboxylic acids is 1. The quantitative estimate of drug-likeness (QED) is 0.560. The van der Waals surface area contributed by atoms with Crippen molar-refractivity contribution in [2.45, 2.75) is 13.3 Å². The summed E-state index contributed by atoms with van der Waals surface area (Å²) in [6.45, 7) is 1.54. The van der Waals surface area contributed by atoms with Gasteiger partial charge in [-0.15, -0.1) is 0 Å². The van der Waals surface area contributed by atoms with Crippen LogP contribution in [0.5, 0.6) is 0 Å². The molecule has 56 valence electrons. The minimum absolute atomic E-state index is 0. The van der Waals surface area contributed by atoms with Crippen molar-refractivity contribution in [3.05, 3.63) is 0 Å². The van der Waals surface area contributed by atoms with Gasteiger partial charge in [-0.2, -0.15) is 0 Å². The topological polar surface area (TPSA) is 97.1 Å². The predicted molar refractivity (Wildman–Crippen MR) is 16.7 cm³/mol. The molecule has 0 aromatic heterocycles. The molecule has 0 aliphatic rings. The molecule has 0 N–H and O–H groups in total. The number of hydrogen-bond acceptors (Lipinski definition) is 2. The molecule has 0 aromatic carbocycles. The van der Waals surface area contributed by atoms with E-state index in [-0.39, 0.29) is 61.5 Å². The molecule has 9 heavy (non-hydrogen) atoms. The van der Waals surface area contributed by atoms with Crippen LogP contribution in [0.1, 0.15) is 13.3 Å². The molecule has 0 radical (unpaired) electrons. The smallest absolute Gasteiger partial charge is 2.00 e. The van der Waals surface area contributed by atoms with Gasteiger partial charge in [0.15, 0.2) is 0 Å². The van der Waals surface area contributed by atoms with Crippen LogP contribution in [-0.4, -0.2) is 5.97 Å². The molecule has 0 heterocycles. The van der Waals surface area contributed by atoms with Gasteiger partial charge in [0, 0.05) is 5.97 Å². The number of carboxylic acids is 1. The van der Waals surface area contributed by atoms with Crippen molar-refractivity contribution in [3.8, 4) is 0 Å². The standard InChI is InChI=1S/C3H6O2.Ag.2O.Ti/c1-2-3(4)5;;;;/h2H2,1H3,(H,4,5);;;;/q;+1;2*-2;+4/p-1. The molecule has 0 aliphatic heterocycles. The van der Waals surface area contributed by atoms with E-state index in [1.165, 1.54) is 6.92 Å². The summed E-state index contributed by atoms with van der Waals surface area (Å²) in [6, 6.07) is 0. The van der Waals surface area contributed by atoms with E-state index < -0.39 is 5.97 Å². The van der Waals surface area contributed by atoms with Crippen LogP contribution in [0.25, 0.3) is 0 Å². The molecular weight excluding hydrogens is 256 g/mol. The van der Waals surface area contributed by atoms with Crippen LogP contribution >= 0.6 is 0 Å². The van der Waals surface area contributed by atoms with Gasteiger partial charge in [-0.05, 0) is 6.42 Å². The van der Waals surface area contributed by atoms with Gasteiger partial charge >= 0.3 is 44.1 Å². The van der Waals surface area contributed by atoms with Crippen LogP contribution in [0.15, 0.2) is 0 Å². The van der Waals surface area contributed by atoms with E-state index in [1.54, 1.807) is 0 Å². The minimum Gasteiger partial charge on any atom is -2.00 e. The van der Waals surface area contributed by atoms with Gasteiger partial charge in [0.1, 0.15) is 0 Å². The van der Waals surface area contributed by atoms with Crippen molar-refractivity contribution in [3.63, 3.8) is 0 Å². The van der Waals surface area contributed by atoms with Crippen LogP contribution in [0.3, 0.4) is 0 Å². The minimum atomic E-state index is -0.995. The van der Waals surface area contributed by atoms with E-state index in [2.05, 4.69) is 0 Å². The van der Waals surface area contributed by atoms with E-state index in [0.29, 0.717) is 0 Å². The number of carbonyl (C=O) groups is 1. The SMILES string of the molecule is CCC(=O)[O-].[Ag+].[O-2].[O-2].[Ti+4]. The van der Waals surface area contributed by atoms with E-state index >= 15 is 0 Å². The third-order valence-electron chi connectivity index (χ3n) is 0.289. The molecule has 4 nitrogen and oxygen atoms in total. The van der Waals surface area contributed by atoms with Gasteiger partial charge < -0.3 is 20.9 Å². The number of hydrogen-bond donors (Lipinski definition) is 0. The van der Waals surface area contributed by atoms with Crippen molar-refractivity contribution < 1.29 is 65.0 Å². The molecule has 0 unspecified atom stereocenters. The number of rotatable bonds is 1. The molecule has 0 rings (SSSR count).